The first-order chi connectivity index (χ1) is 9.01. The number of rotatable bonds is 3. The fourth-order valence-electron chi connectivity index (χ4n) is 1.81. The molecule has 1 heterocycles. The molecule has 6 nitrogen and oxygen atoms in total. The van der Waals surface area contributed by atoms with Crippen LogP contribution >= 0.6 is 11.6 Å². The SMILES string of the molecule is COc1ccc(CN2C(=O)CC(O)NC2=O)cc1Cl. The number of nitrogens with zero attached hydrogens (tertiary/aromatic N) is 1. The molecule has 2 rings (SSSR count). The monoisotopic (exact) mass is 284 g/mol. The molecular formula is C12H13ClN2O4. The smallest absolute Gasteiger partial charge is 0.326 e. The Balaban J connectivity index is 2.14. The van der Waals surface area contributed by atoms with Crippen LogP contribution in [0.1, 0.15) is 12.0 Å². The fraction of sp³-hybridized carbons (Fsp3) is 0.333. The maximum Gasteiger partial charge on any atom is 0.326 e. The highest BCUT2D eigenvalue weighted by Crippen LogP contribution is 2.25. The Kier molecular flexibility index (Phi) is 3.92. The molecule has 1 aliphatic rings. The van der Waals surface area contributed by atoms with Gasteiger partial charge in [-0.05, 0) is 17.7 Å². The zero-order chi connectivity index (χ0) is 14.0. The summed E-state index contributed by atoms with van der Waals surface area (Å²) in [6, 6.07) is 4.40. The molecule has 102 valence electrons. The maximum absolute atomic E-state index is 11.7. The average molecular weight is 285 g/mol. The van der Waals surface area contributed by atoms with Crippen molar-refractivity contribution in [1.82, 2.24) is 10.2 Å². The molecule has 3 amide bonds. The minimum atomic E-state index is -1.12. The van der Waals surface area contributed by atoms with Crippen LogP contribution in [0.3, 0.4) is 0 Å². The molecule has 0 radical (unpaired) electrons. The summed E-state index contributed by atoms with van der Waals surface area (Å²) in [6.45, 7) is 0.0983. The zero-order valence-electron chi connectivity index (χ0n) is 10.2. The molecule has 1 aromatic rings. The summed E-state index contributed by atoms with van der Waals surface area (Å²) in [4.78, 5) is 24.3. The largest absolute Gasteiger partial charge is 0.495 e. The van der Waals surface area contributed by atoms with Gasteiger partial charge >= 0.3 is 6.03 Å². The quantitative estimate of drug-likeness (QED) is 0.871. The number of benzene rings is 1. The molecule has 1 fully saturated rings. The third-order valence-corrected chi connectivity index (χ3v) is 3.06. The van der Waals surface area contributed by atoms with Gasteiger partial charge in [0.2, 0.25) is 5.91 Å². The number of aliphatic hydroxyl groups is 1. The van der Waals surface area contributed by atoms with Gasteiger partial charge in [-0.25, -0.2) is 4.79 Å². The second-order valence-corrected chi connectivity index (χ2v) is 4.53. The van der Waals surface area contributed by atoms with E-state index < -0.39 is 18.2 Å². The van der Waals surface area contributed by atoms with Gasteiger partial charge in [0.1, 0.15) is 12.0 Å². The molecule has 0 aromatic heterocycles. The van der Waals surface area contributed by atoms with Gasteiger partial charge in [0.15, 0.2) is 0 Å². The Morgan fingerprint density at radius 2 is 2.26 bits per heavy atom. The van der Waals surface area contributed by atoms with Crippen LogP contribution in [0.4, 0.5) is 4.79 Å². The van der Waals surface area contributed by atoms with Crippen molar-refractivity contribution < 1.29 is 19.4 Å². The highest BCUT2D eigenvalue weighted by Gasteiger charge is 2.30. The summed E-state index contributed by atoms with van der Waals surface area (Å²) < 4.78 is 5.02. The van der Waals surface area contributed by atoms with Crippen LogP contribution in [0.25, 0.3) is 0 Å². The number of aliphatic hydroxyl groups excluding tert-OH is 1. The number of amides is 3. The molecule has 7 heteroatoms. The van der Waals surface area contributed by atoms with Gasteiger partial charge in [-0.15, -0.1) is 0 Å². The first kappa shape index (κ1) is 13.6. The van der Waals surface area contributed by atoms with Crippen LogP contribution in [0, 0.1) is 0 Å². The van der Waals surface area contributed by atoms with Crippen LogP contribution < -0.4 is 10.1 Å². The number of halogens is 1. The first-order valence-electron chi connectivity index (χ1n) is 5.62. The van der Waals surface area contributed by atoms with E-state index >= 15 is 0 Å². The first-order valence-corrected chi connectivity index (χ1v) is 6.00. The minimum absolute atomic E-state index is 0.0983. The molecule has 1 aromatic carbocycles. The van der Waals surface area contributed by atoms with Gasteiger partial charge in [0, 0.05) is 0 Å². The van der Waals surface area contributed by atoms with Crippen molar-refractivity contribution in [2.45, 2.75) is 19.2 Å². The Morgan fingerprint density at radius 3 is 2.84 bits per heavy atom. The number of carbonyl (C=O) groups is 2. The number of methoxy groups -OCH3 is 1. The number of imide groups is 1. The van der Waals surface area contributed by atoms with Crippen LogP contribution in [-0.4, -0.2) is 35.3 Å². The predicted octanol–water partition coefficient (Wildman–Crippen LogP) is 1.11. The lowest BCUT2D eigenvalue weighted by Gasteiger charge is -2.28. The van der Waals surface area contributed by atoms with Crippen molar-refractivity contribution in [2.75, 3.05) is 7.11 Å². The summed E-state index contributed by atoms with van der Waals surface area (Å²) in [7, 11) is 1.50. The van der Waals surface area contributed by atoms with Crippen LogP contribution in [0.2, 0.25) is 5.02 Å². The van der Waals surface area contributed by atoms with Crippen molar-refractivity contribution in [2.24, 2.45) is 0 Å². The van der Waals surface area contributed by atoms with Crippen LogP contribution in [0.5, 0.6) is 5.75 Å². The van der Waals surface area contributed by atoms with E-state index in [0.717, 1.165) is 4.90 Å². The maximum atomic E-state index is 11.7. The number of carbonyl (C=O) groups excluding carboxylic acids is 2. The normalized spacial score (nSPS) is 19.3. The summed E-state index contributed by atoms with van der Waals surface area (Å²) in [5, 5.41) is 11.9. The second-order valence-electron chi connectivity index (χ2n) is 4.12. The Bertz CT molecular complexity index is 502. The lowest BCUT2D eigenvalue weighted by Crippen LogP contribution is -2.54. The van der Waals surface area contributed by atoms with E-state index in [0.29, 0.717) is 16.3 Å². The fourth-order valence-corrected chi connectivity index (χ4v) is 2.09. The average Bonchev–Trinajstić information content (AvgIpc) is 2.34. The molecule has 0 saturated carbocycles. The highest BCUT2D eigenvalue weighted by molar-refractivity contribution is 6.32. The summed E-state index contributed by atoms with van der Waals surface area (Å²) >= 11 is 5.97. The summed E-state index contributed by atoms with van der Waals surface area (Å²) in [6.07, 6.45) is -1.24. The third-order valence-electron chi connectivity index (χ3n) is 2.76. The van der Waals surface area contributed by atoms with E-state index in [1.165, 1.54) is 7.11 Å². The molecule has 19 heavy (non-hydrogen) atoms. The van der Waals surface area contributed by atoms with E-state index in [-0.39, 0.29) is 13.0 Å². The van der Waals surface area contributed by atoms with Gasteiger partial charge < -0.3 is 15.2 Å². The van der Waals surface area contributed by atoms with E-state index in [4.69, 9.17) is 16.3 Å². The molecule has 2 N–H and O–H groups in total. The Morgan fingerprint density at radius 1 is 1.53 bits per heavy atom. The molecule has 1 saturated heterocycles. The van der Waals surface area contributed by atoms with E-state index in [9.17, 15) is 14.7 Å². The molecule has 1 unspecified atom stereocenters. The van der Waals surface area contributed by atoms with E-state index in [1.807, 2.05) is 0 Å². The lowest BCUT2D eigenvalue weighted by molar-refractivity contribution is -0.133. The molecule has 0 bridgehead atoms. The molecule has 0 aliphatic carbocycles. The van der Waals surface area contributed by atoms with Crippen molar-refractivity contribution in [3.63, 3.8) is 0 Å². The minimum Gasteiger partial charge on any atom is -0.495 e. The highest BCUT2D eigenvalue weighted by atomic mass is 35.5. The zero-order valence-corrected chi connectivity index (χ0v) is 11.0. The van der Waals surface area contributed by atoms with Gasteiger partial charge in [-0.2, -0.15) is 0 Å². The van der Waals surface area contributed by atoms with Crippen molar-refractivity contribution in [3.8, 4) is 5.75 Å². The molecule has 0 spiro atoms. The van der Waals surface area contributed by atoms with Crippen molar-refractivity contribution in [3.05, 3.63) is 28.8 Å². The molecule has 1 atom stereocenters. The van der Waals surface area contributed by atoms with E-state index in [1.54, 1.807) is 18.2 Å². The Labute approximate surface area is 114 Å². The topological polar surface area (TPSA) is 78.9 Å². The number of ether oxygens (including phenoxy) is 1. The summed E-state index contributed by atoms with van der Waals surface area (Å²) in [5.41, 5.74) is 0.700. The number of urea groups is 1. The van der Waals surface area contributed by atoms with Crippen LogP contribution in [0.15, 0.2) is 18.2 Å². The van der Waals surface area contributed by atoms with E-state index in [2.05, 4.69) is 5.32 Å². The van der Waals surface area contributed by atoms with Gasteiger partial charge in [-0.1, -0.05) is 17.7 Å². The predicted molar refractivity (Wildman–Crippen MR) is 67.7 cm³/mol. The second kappa shape index (κ2) is 5.46. The standard InChI is InChI=1S/C12H13ClN2O4/c1-19-9-3-2-7(4-8(9)13)6-15-11(17)5-10(16)14-12(15)18/h2-4,10,16H,5-6H2,1H3,(H,14,18). The summed E-state index contributed by atoms with van der Waals surface area (Å²) in [5.74, 6) is 0.0958. The molecule has 1 aliphatic heterocycles. The number of hydrogen-bond acceptors (Lipinski definition) is 4. The van der Waals surface area contributed by atoms with Gasteiger partial charge in [0.05, 0.1) is 25.1 Å². The third kappa shape index (κ3) is 2.97. The lowest BCUT2D eigenvalue weighted by atomic mass is 10.2. The van der Waals surface area contributed by atoms with Gasteiger partial charge in [-0.3, -0.25) is 9.69 Å². The van der Waals surface area contributed by atoms with Gasteiger partial charge in [0.25, 0.3) is 0 Å². The van der Waals surface area contributed by atoms with Crippen LogP contribution in [-0.2, 0) is 11.3 Å². The molecular weight excluding hydrogens is 272 g/mol. The van der Waals surface area contributed by atoms with Crippen molar-refractivity contribution in [1.29, 1.82) is 0 Å². The van der Waals surface area contributed by atoms with Crippen molar-refractivity contribution >= 4 is 23.5 Å². The number of hydrogen-bond donors (Lipinski definition) is 2. The Hall–Kier alpha value is -1.79. The number of nitrogens with one attached hydrogen (secondary N) is 1.